The van der Waals surface area contributed by atoms with Gasteiger partial charge in [0.1, 0.15) is 6.54 Å². The van der Waals surface area contributed by atoms with Crippen molar-refractivity contribution in [2.45, 2.75) is 6.54 Å². The number of nitrogens with zero attached hydrogens (tertiary/aromatic N) is 3. The third-order valence-corrected chi connectivity index (χ3v) is 2.42. The van der Waals surface area contributed by atoms with Gasteiger partial charge in [0.05, 0.1) is 29.8 Å². The molecule has 2 rings (SSSR count). The summed E-state index contributed by atoms with van der Waals surface area (Å²) in [7, 11) is 1.30. The highest BCUT2D eigenvalue weighted by molar-refractivity contribution is 5.82. The van der Waals surface area contributed by atoms with E-state index in [2.05, 4.69) is 9.72 Å². The summed E-state index contributed by atoms with van der Waals surface area (Å²) in [6.45, 7) is -0.0201. The fourth-order valence-corrected chi connectivity index (χ4v) is 1.57. The van der Waals surface area contributed by atoms with Gasteiger partial charge in [-0.1, -0.05) is 0 Å². The van der Waals surface area contributed by atoms with Gasteiger partial charge in [0.25, 0.3) is 0 Å². The second-order valence-electron chi connectivity index (χ2n) is 3.45. The Morgan fingerprint density at radius 2 is 2.41 bits per heavy atom. The van der Waals surface area contributed by atoms with Gasteiger partial charge in [0, 0.05) is 0 Å². The Labute approximate surface area is 97.2 Å². The summed E-state index contributed by atoms with van der Waals surface area (Å²) in [5.41, 5.74) is 7.49. The number of aromatic nitrogens is 2. The van der Waals surface area contributed by atoms with Gasteiger partial charge in [0.2, 0.25) is 5.95 Å². The van der Waals surface area contributed by atoms with Crippen LogP contribution in [0.2, 0.25) is 0 Å². The van der Waals surface area contributed by atoms with E-state index in [4.69, 9.17) is 11.0 Å². The summed E-state index contributed by atoms with van der Waals surface area (Å²) in [5, 5.41) is 8.82. The lowest BCUT2D eigenvalue weighted by Gasteiger charge is -2.04. The second-order valence-corrected chi connectivity index (χ2v) is 3.45. The lowest BCUT2D eigenvalue weighted by Crippen LogP contribution is -2.13. The highest BCUT2D eigenvalue weighted by Gasteiger charge is 2.12. The van der Waals surface area contributed by atoms with Gasteiger partial charge in [-0.25, -0.2) is 4.98 Å². The quantitative estimate of drug-likeness (QED) is 0.765. The number of nitriles is 1. The topological polar surface area (TPSA) is 93.9 Å². The van der Waals surface area contributed by atoms with Crippen LogP contribution < -0.4 is 5.73 Å². The predicted octanol–water partition coefficient (Wildman–Crippen LogP) is 0.663. The average Bonchev–Trinajstić information content (AvgIpc) is 2.65. The average molecular weight is 230 g/mol. The van der Waals surface area contributed by atoms with Crippen LogP contribution in [0.15, 0.2) is 18.2 Å². The minimum atomic E-state index is -0.418. The molecule has 0 aliphatic heterocycles. The lowest BCUT2D eigenvalue weighted by molar-refractivity contribution is -0.141. The monoisotopic (exact) mass is 230 g/mol. The van der Waals surface area contributed by atoms with E-state index < -0.39 is 5.97 Å². The van der Waals surface area contributed by atoms with E-state index >= 15 is 0 Å². The van der Waals surface area contributed by atoms with Crippen LogP contribution in [0.3, 0.4) is 0 Å². The number of hydrogen-bond donors (Lipinski definition) is 1. The van der Waals surface area contributed by atoms with E-state index in [1.54, 1.807) is 18.2 Å². The first kappa shape index (κ1) is 11.0. The molecule has 0 spiro atoms. The van der Waals surface area contributed by atoms with Gasteiger partial charge >= 0.3 is 5.97 Å². The van der Waals surface area contributed by atoms with Crippen LogP contribution in [-0.2, 0) is 16.1 Å². The number of esters is 1. The Balaban J connectivity index is 2.57. The number of carbonyl (C=O) groups excluding carboxylic acids is 1. The number of imidazole rings is 1. The van der Waals surface area contributed by atoms with Crippen molar-refractivity contribution in [1.82, 2.24) is 9.55 Å². The van der Waals surface area contributed by atoms with Crippen molar-refractivity contribution in [1.29, 1.82) is 5.26 Å². The zero-order chi connectivity index (χ0) is 12.4. The molecule has 0 atom stereocenters. The number of rotatable bonds is 2. The number of nitrogens with two attached hydrogens (primary N) is 1. The first-order valence-electron chi connectivity index (χ1n) is 4.88. The lowest BCUT2D eigenvalue weighted by atomic mass is 10.2. The van der Waals surface area contributed by atoms with Crippen LogP contribution in [0.25, 0.3) is 11.0 Å². The van der Waals surface area contributed by atoms with Crippen LogP contribution in [-0.4, -0.2) is 22.6 Å². The zero-order valence-electron chi connectivity index (χ0n) is 9.17. The molecule has 0 saturated heterocycles. The summed E-state index contributed by atoms with van der Waals surface area (Å²) in [6, 6.07) is 7.01. The largest absolute Gasteiger partial charge is 0.468 e. The summed E-state index contributed by atoms with van der Waals surface area (Å²) in [6.07, 6.45) is 0. The molecule has 6 nitrogen and oxygen atoms in total. The molecule has 0 aliphatic rings. The van der Waals surface area contributed by atoms with Crippen molar-refractivity contribution < 1.29 is 9.53 Å². The van der Waals surface area contributed by atoms with Crippen molar-refractivity contribution >= 4 is 23.0 Å². The summed E-state index contributed by atoms with van der Waals surface area (Å²) in [5.74, 6) is -0.196. The Kier molecular flexibility index (Phi) is 2.66. The number of carbonyl (C=O) groups is 1. The van der Waals surface area contributed by atoms with Crippen molar-refractivity contribution in [2.24, 2.45) is 0 Å². The maximum Gasteiger partial charge on any atom is 0.325 e. The van der Waals surface area contributed by atoms with Gasteiger partial charge < -0.3 is 10.5 Å². The number of ether oxygens (including phenoxy) is 1. The van der Waals surface area contributed by atoms with Crippen molar-refractivity contribution in [2.75, 3.05) is 12.8 Å². The molecule has 2 N–H and O–H groups in total. The summed E-state index contributed by atoms with van der Waals surface area (Å²) >= 11 is 0. The molecule has 1 aromatic carbocycles. The molecule has 0 bridgehead atoms. The SMILES string of the molecule is COC(=O)Cn1c(N)nc2ccc(C#N)cc21. The van der Waals surface area contributed by atoms with Gasteiger partial charge in [-0.15, -0.1) is 0 Å². The van der Waals surface area contributed by atoms with Crippen molar-refractivity contribution in [3.8, 4) is 6.07 Å². The molecule has 6 heteroatoms. The number of benzene rings is 1. The third kappa shape index (κ3) is 1.90. The van der Waals surface area contributed by atoms with Crippen LogP contribution in [0, 0.1) is 11.3 Å². The highest BCUT2D eigenvalue weighted by atomic mass is 16.5. The second kappa shape index (κ2) is 4.14. The Hall–Kier alpha value is -2.55. The smallest absolute Gasteiger partial charge is 0.325 e. The summed E-state index contributed by atoms with van der Waals surface area (Å²) in [4.78, 5) is 15.3. The molecule has 17 heavy (non-hydrogen) atoms. The fraction of sp³-hybridized carbons (Fsp3) is 0.182. The maximum absolute atomic E-state index is 11.2. The third-order valence-electron chi connectivity index (χ3n) is 2.42. The van der Waals surface area contributed by atoms with Gasteiger partial charge in [0.15, 0.2) is 0 Å². The first-order valence-corrected chi connectivity index (χ1v) is 4.88. The van der Waals surface area contributed by atoms with Crippen LogP contribution >= 0.6 is 0 Å². The molecule has 0 fully saturated rings. The molecule has 0 radical (unpaired) electrons. The van der Waals surface area contributed by atoms with Crippen LogP contribution in [0.5, 0.6) is 0 Å². The van der Waals surface area contributed by atoms with E-state index in [0.29, 0.717) is 16.6 Å². The Morgan fingerprint density at radius 3 is 3.06 bits per heavy atom. The zero-order valence-corrected chi connectivity index (χ0v) is 9.17. The molecule has 0 aliphatic carbocycles. The molecule has 1 heterocycles. The number of fused-ring (bicyclic) bond motifs is 1. The summed E-state index contributed by atoms with van der Waals surface area (Å²) < 4.78 is 6.09. The molecular weight excluding hydrogens is 220 g/mol. The Bertz CT molecular complexity index is 624. The maximum atomic E-state index is 11.2. The van der Waals surface area contributed by atoms with E-state index in [0.717, 1.165) is 0 Å². The normalized spacial score (nSPS) is 10.1. The van der Waals surface area contributed by atoms with Gasteiger partial charge in [-0.05, 0) is 18.2 Å². The molecule has 2 aromatic rings. The molecular formula is C11H10N4O2. The number of methoxy groups -OCH3 is 1. The van der Waals surface area contributed by atoms with Crippen molar-refractivity contribution in [3.05, 3.63) is 23.8 Å². The minimum Gasteiger partial charge on any atom is -0.468 e. The van der Waals surface area contributed by atoms with E-state index in [9.17, 15) is 4.79 Å². The van der Waals surface area contributed by atoms with E-state index in [1.807, 2.05) is 6.07 Å². The van der Waals surface area contributed by atoms with E-state index in [-0.39, 0.29) is 12.5 Å². The Morgan fingerprint density at radius 1 is 1.65 bits per heavy atom. The van der Waals surface area contributed by atoms with Crippen LogP contribution in [0.4, 0.5) is 5.95 Å². The predicted molar refractivity (Wildman–Crippen MR) is 60.9 cm³/mol. The number of anilines is 1. The fourth-order valence-electron chi connectivity index (χ4n) is 1.57. The standard InChI is InChI=1S/C11H10N4O2/c1-17-10(16)6-15-9-4-7(5-12)2-3-8(9)14-11(15)13/h2-4H,6H2,1H3,(H2,13,14). The van der Waals surface area contributed by atoms with Gasteiger partial charge in [-0.2, -0.15) is 5.26 Å². The molecule has 0 saturated carbocycles. The van der Waals surface area contributed by atoms with Gasteiger partial charge in [-0.3, -0.25) is 9.36 Å². The van der Waals surface area contributed by atoms with E-state index in [1.165, 1.54) is 11.7 Å². The molecule has 86 valence electrons. The molecule has 0 unspecified atom stereocenters. The van der Waals surface area contributed by atoms with Crippen molar-refractivity contribution in [3.63, 3.8) is 0 Å². The number of nitrogen functional groups attached to an aromatic ring is 1. The first-order chi connectivity index (χ1) is 8.15. The minimum absolute atomic E-state index is 0.0201. The molecule has 1 aromatic heterocycles. The molecule has 0 amide bonds. The number of hydrogen-bond acceptors (Lipinski definition) is 5. The van der Waals surface area contributed by atoms with Crippen LogP contribution in [0.1, 0.15) is 5.56 Å². The highest BCUT2D eigenvalue weighted by Crippen LogP contribution is 2.19.